The standard InChI is InChI=1S/C17H26N2/c1-13-7-9-16(10-8-13)19-12-15-5-2-4-14-6-3-11-18-17(14)15/h2,4-5,13,16,18-19H,3,6-12H2,1H3. The van der Waals surface area contributed by atoms with Crippen LogP contribution >= 0.6 is 0 Å². The Hall–Kier alpha value is -1.02. The Balaban J connectivity index is 1.61. The van der Waals surface area contributed by atoms with E-state index < -0.39 is 0 Å². The average Bonchev–Trinajstić information content (AvgIpc) is 2.47. The van der Waals surface area contributed by atoms with Crippen LogP contribution in [0.1, 0.15) is 50.2 Å². The average molecular weight is 258 g/mol. The van der Waals surface area contributed by atoms with Crippen LogP contribution in [0.4, 0.5) is 5.69 Å². The summed E-state index contributed by atoms with van der Waals surface area (Å²) in [5, 5.41) is 7.35. The molecule has 1 aliphatic carbocycles. The Morgan fingerprint density at radius 1 is 1.21 bits per heavy atom. The number of rotatable bonds is 3. The molecular weight excluding hydrogens is 232 g/mol. The summed E-state index contributed by atoms with van der Waals surface area (Å²) >= 11 is 0. The van der Waals surface area contributed by atoms with Crippen molar-refractivity contribution in [2.75, 3.05) is 11.9 Å². The lowest BCUT2D eigenvalue weighted by molar-refractivity contribution is 0.306. The van der Waals surface area contributed by atoms with E-state index in [1.54, 1.807) is 0 Å². The fourth-order valence-corrected chi connectivity index (χ4v) is 3.45. The highest BCUT2D eigenvalue weighted by Crippen LogP contribution is 2.27. The van der Waals surface area contributed by atoms with Crippen LogP contribution < -0.4 is 10.6 Å². The third-order valence-electron chi connectivity index (χ3n) is 4.76. The molecule has 1 aromatic rings. The van der Waals surface area contributed by atoms with E-state index in [2.05, 4.69) is 35.8 Å². The van der Waals surface area contributed by atoms with Crippen LogP contribution in [0, 0.1) is 5.92 Å². The van der Waals surface area contributed by atoms with E-state index in [9.17, 15) is 0 Å². The molecule has 1 saturated carbocycles. The summed E-state index contributed by atoms with van der Waals surface area (Å²) in [4.78, 5) is 0. The zero-order valence-corrected chi connectivity index (χ0v) is 12.0. The molecular formula is C17H26N2. The predicted molar refractivity (Wildman–Crippen MR) is 81.5 cm³/mol. The summed E-state index contributed by atoms with van der Waals surface area (Å²) in [6.45, 7) is 4.54. The number of para-hydroxylation sites is 1. The zero-order valence-electron chi connectivity index (χ0n) is 12.0. The Bertz CT molecular complexity index is 419. The maximum Gasteiger partial charge on any atom is 0.0418 e. The van der Waals surface area contributed by atoms with Crippen molar-refractivity contribution >= 4 is 5.69 Å². The molecule has 0 atom stereocenters. The van der Waals surface area contributed by atoms with E-state index in [1.807, 2.05) is 0 Å². The largest absolute Gasteiger partial charge is 0.385 e. The number of anilines is 1. The van der Waals surface area contributed by atoms with Gasteiger partial charge in [-0.1, -0.05) is 25.1 Å². The second-order valence-corrected chi connectivity index (χ2v) is 6.32. The van der Waals surface area contributed by atoms with Crippen LogP contribution in [-0.2, 0) is 13.0 Å². The number of fused-ring (bicyclic) bond motifs is 1. The van der Waals surface area contributed by atoms with Crippen LogP contribution in [0.5, 0.6) is 0 Å². The van der Waals surface area contributed by atoms with Gasteiger partial charge in [0.25, 0.3) is 0 Å². The highest BCUT2D eigenvalue weighted by molar-refractivity contribution is 5.59. The maximum atomic E-state index is 3.77. The molecule has 1 fully saturated rings. The highest BCUT2D eigenvalue weighted by Gasteiger charge is 2.18. The van der Waals surface area contributed by atoms with Gasteiger partial charge in [0.05, 0.1) is 0 Å². The smallest absolute Gasteiger partial charge is 0.0418 e. The van der Waals surface area contributed by atoms with E-state index in [1.165, 1.54) is 55.3 Å². The Kier molecular flexibility index (Phi) is 4.07. The van der Waals surface area contributed by atoms with Gasteiger partial charge in [0.15, 0.2) is 0 Å². The van der Waals surface area contributed by atoms with Crippen LogP contribution in [0.2, 0.25) is 0 Å². The van der Waals surface area contributed by atoms with E-state index in [0.717, 1.165) is 25.0 Å². The second kappa shape index (κ2) is 5.96. The third-order valence-corrected chi connectivity index (χ3v) is 4.76. The Morgan fingerprint density at radius 3 is 2.89 bits per heavy atom. The molecule has 0 radical (unpaired) electrons. The Labute approximate surface area is 117 Å². The Morgan fingerprint density at radius 2 is 2.05 bits per heavy atom. The molecule has 0 spiro atoms. The summed E-state index contributed by atoms with van der Waals surface area (Å²) in [7, 11) is 0. The van der Waals surface area contributed by atoms with E-state index in [4.69, 9.17) is 0 Å². The van der Waals surface area contributed by atoms with E-state index in [-0.39, 0.29) is 0 Å². The summed E-state index contributed by atoms with van der Waals surface area (Å²) in [6, 6.07) is 7.49. The lowest BCUT2D eigenvalue weighted by Crippen LogP contribution is -2.32. The van der Waals surface area contributed by atoms with Gasteiger partial charge in [-0.25, -0.2) is 0 Å². The molecule has 3 rings (SSSR count). The highest BCUT2D eigenvalue weighted by atomic mass is 14.9. The summed E-state index contributed by atoms with van der Waals surface area (Å²) in [6.07, 6.45) is 7.99. The molecule has 0 unspecified atom stereocenters. The fourth-order valence-electron chi connectivity index (χ4n) is 3.45. The van der Waals surface area contributed by atoms with Crippen molar-refractivity contribution in [1.29, 1.82) is 0 Å². The van der Waals surface area contributed by atoms with Gasteiger partial charge in [-0.15, -0.1) is 0 Å². The molecule has 1 aromatic carbocycles. The number of nitrogens with one attached hydrogen (secondary N) is 2. The van der Waals surface area contributed by atoms with Crippen LogP contribution in [0.15, 0.2) is 18.2 Å². The SMILES string of the molecule is CC1CCC(NCc2cccc3c2NCCC3)CC1. The molecule has 2 N–H and O–H groups in total. The van der Waals surface area contributed by atoms with Crippen LogP contribution in [-0.4, -0.2) is 12.6 Å². The molecule has 19 heavy (non-hydrogen) atoms. The number of hydrogen-bond acceptors (Lipinski definition) is 2. The lowest BCUT2D eigenvalue weighted by atomic mass is 9.87. The molecule has 2 nitrogen and oxygen atoms in total. The van der Waals surface area contributed by atoms with Crippen molar-refractivity contribution in [2.45, 2.75) is 58.0 Å². The molecule has 1 aliphatic heterocycles. The fraction of sp³-hybridized carbons (Fsp3) is 0.647. The van der Waals surface area contributed by atoms with Gasteiger partial charge in [0, 0.05) is 24.8 Å². The van der Waals surface area contributed by atoms with E-state index >= 15 is 0 Å². The minimum absolute atomic E-state index is 0.732. The van der Waals surface area contributed by atoms with Gasteiger partial charge in [0.2, 0.25) is 0 Å². The van der Waals surface area contributed by atoms with Gasteiger partial charge in [0.1, 0.15) is 0 Å². The zero-order chi connectivity index (χ0) is 13.1. The van der Waals surface area contributed by atoms with Gasteiger partial charge >= 0.3 is 0 Å². The van der Waals surface area contributed by atoms with Crippen molar-refractivity contribution in [1.82, 2.24) is 5.32 Å². The summed E-state index contributed by atoms with van der Waals surface area (Å²) in [5.74, 6) is 0.934. The van der Waals surface area contributed by atoms with Crippen molar-refractivity contribution in [3.63, 3.8) is 0 Å². The first kappa shape index (κ1) is 13.0. The first-order chi connectivity index (χ1) is 9.33. The van der Waals surface area contributed by atoms with E-state index in [0.29, 0.717) is 0 Å². The predicted octanol–water partition coefficient (Wildman–Crippen LogP) is 3.71. The van der Waals surface area contributed by atoms with Crippen molar-refractivity contribution < 1.29 is 0 Å². The van der Waals surface area contributed by atoms with Gasteiger partial charge in [-0.2, -0.15) is 0 Å². The molecule has 2 heteroatoms. The number of benzene rings is 1. The summed E-state index contributed by atoms with van der Waals surface area (Å²) < 4.78 is 0. The number of hydrogen-bond donors (Lipinski definition) is 2. The van der Waals surface area contributed by atoms with Crippen molar-refractivity contribution in [3.8, 4) is 0 Å². The number of aryl methyl sites for hydroxylation is 1. The molecule has 0 aromatic heterocycles. The van der Waals surface area contributed by atoms with Crippen molar-refractivity contribution in [2.24, 2.45) is 5.92 Å². The molecule has 0 bridgehead atoms. The molecule has 0 amide bonds. The van der Waals surface area contributed by atoms with Crippen molar-refractivity contribution in [3.05, 3.63) is 29.3 Å². The van der Waals surface area contributed by atoms with Gasteiger partial charge in [-0.3, -0.25) is 0 Å². The lowest BCUT2D eigenvalue weighted by Gasteiger charge is -2.28. The second-order valence-electron chi connectivity index (χ2n) is 6.32. The van der Waals surface area contributed by atoms with Crippen LogP contribution in [0.25, 0.3) is 0 Å². The third kappa shape index (κ3) is 3.11. The van der Waals surface area contributed by atoms with Crippen LogP contribution in [0.3, 0.4) is 0 Å². The first-order valence-corrected chi connectivity index (χ1v) is 7.91. The topological polar surface area (TPSA) is 24.1 Å². The molecule has 0 saturated heterocycles. The quantitative estimate of drug-likeness (QED) is 0.863. The molecule has 2 aliphatic rings. The normalized spacial score (nSPS) is 26.6. The minimum atomic E-state index is 0.732. The summed E-state index contributed by atoms with van der Waals surface area (Å²) in [5.41, 5.74) is 4.36. The van der Waals surface area contributed by atoms with Gasteiger partial charge < -0.3 is 10.6 Å². The monoisotopic (exact) mass is 258 g/mol. The molecule has 104 valence electrons. The maximum absolute atomic E-state index is 3.77. The van der Waals surface area contributed by atoms with Gasteiger partial charge in [-0.05, 0) is 55.6 Å². The molecule has 1 heterocycles. The first-order valence-electron chi connectivity index (χ1n) is 7.91. The minimum Gasteiger partial charge on any atom is -0.385 e.